The van der Waals surface area contributed by atoms with Crippen molar-refractivity contribution in [2.45, 2.75) is 13.8 Å². The van der Waals surface area contributed by atoms with E-state index in [1.54, 1.807) is 30.1 Å². The molecule has 1 amide bonds. The van der Waals surface area contributed by atoms with Crippen molar-refractivity contribution in [3.63, 3.8) is 0 Å². The first-order valence-electron chi connectivity index (χ1n) is 6.80. The van der Waals surface area contributed by atoms with Crippen molar-refractivity contribution in [3.05, 3.63) is 23.8 Å². The lowest BCUT2D eigenvalue weighted by Crippen LogP contribution is -2.37. The van der Waals surface area contributed by atoms with E-state index in [-0.39, 0.29) is 12.5 Å². The number of rotatable bonds is 6. The summed E-state index contributed by atoms with van der Waals surface area (Å²) in [5.41, 5.74) is 7.44. The predicted octanol–water partition coefficient (Wildman–Crippen LogP) is 1.26. The van der Waals surface area contributed by atoms with Gasteiger partial charge in [0.2, 0.25) is 5.91 Å². The van der Waals surface area contributed by atoms with Gasteiger partial charge in [-0.2, -0.15) is 0 Å². The van der Waals surface area contributed by atoms with Gasteiger partial charge in [-0.1, -0.05) is 13.8 Å². The zero-order valence-corrected chi connectivity index (χ0v) is 13.0. The van der Waals surface area contributed by atoms with Crippen molar-refractivity contribution in [3.8, 4) is 0 Å². The summed E-state index contributed by atoms with van der Waals surface area (Å²) >= 11 is 0. The molecule has 6 heteroatoms. The number of hydrogen-bond acceptors (Lipinski definition) is 5. The largest absolute Gasteiger partial charge is 0.465 e. The van der Waals surface area contributed by atoms with Crippen LogP contribution in [-0.4, -0.2) is 39.1 Å². The minimum Gasteiger partial charge on any atom is -0.465 e. The van der Waals surface area contributed by atoms with E-state index in [9.17, 15) is 9.59 Å². The predicted molar refractivity (Wildman–Crippen MR) is 83.3 cm³/mol. The molecule has 116 valence electrons. The molecule has 0 bridgehead atoms. The summed E-state index contributed by atoms with van der Waals surface area (Å²) in [6.07, 6.45) is 0. The molecule has 1 aromatic rings. The molecule has 1 rings (SSSR count). The molecule has 6 nitrogen and oxygen atoms in total. The van der Waals surface area contributed by atoms with Gasteiger partial charge in [0, 0.05) is 13.6 Å². The highest BCUT2D eigenvalue weighted by Crippen LogP contribution is 2.23. The van der Waals surface area contributed by atoms with Crippen LogP contribution in [0.5, 0.6) is 0 Å². The second-order valence-electron chi connectivity index (χ2n) is 5.32. The van der Waals surface area contributed by atoms with Gasteiger partial charge in [0.25, 0.3) is 0 Å². The van der Waals surface area contributed by atoms with Crippen molar-refractivity contribution < 1.29 is 14.3 Å². The summed E-state index contributed by atoms with van der Waals surface area (Å²) in [6.45, 7) is 4.92. The molecule has 0 fully saturated rings. The molecule has 0 atom stereocenters. The average Bonchev–Trinajstić information content (AvgIpc) is 2.43. The normalized spacial score (nSPS) is 10.3. The third-order valence-electron chi connectivity index (χ3n) is 2.95. The van der Waals surface area contributed by atoms with Crippen LogP contribution in [0.15, 0.2) is 18.2 Å². The third kappa shape index (κ3) is 4.98. The Balaban J connectivity index is 2.72. The highest BCUT2D eigenvalue weighted by Gasteiger charge is 2.13. The Bertz CT molecular complexity index is 515. The fourth-order valence-electron chi connectivity index (χ4n) is 1.82. The molecule has 0 aliphatic heterocycles. The van der Waals surface area contributed by atoms with E-state index in [1.807, 2.05) is 13.8 Å². The van der Waals surface area contributed by atoms with Gasteiger partial charge in [0.15, 0.2) is 0 Å². The number of benzene rings is 1. The number of methoxy groups -OCH3 is 1. The second kappa shape index (κ2) is 7.52. The van der Waals surface area contributed by atoms with E-state index < -0.39 is 5.97 Å². The molecule has 0 heterocycles. The number of hydrogen-bond donors (Lipinski definition) is 2. The summed E-state index contributed by atoms with van der Waals surface area (Å²) in [7, 11) is 3.09. The first kappa shape index (κ1) is 16.8. The zero-order valence-electron chi connectivity index (χ0n) is 13.0. The van der Waals surface area contributed by atoms with Gasteiger partial charge in [-0.15, -0.1) is 0 Å². The fourth-order valence-corrected chi connectivity index (χ4v) is 1.82. The van der Waals surface area contributed by atoms with Crippen LogP contribution in [0.3, 0.4) is 0 Å². The van der Waals surface area contributed by atoms with Gasteiger partial charge in [0.05, 0.1) is 30.6 Å². The lowest BCUT2D eigenvalue weighted by atomic mass is 10.1. The van der Waals surface area contributed by atoms with Crippen LogP contribution in [0.25, 0.3) is 0 Å². The van der Waals surface area contributed by atoms with Crippen molar-refractivity contribution >= 4 is 23.3 Å². The van der Waals surface area contributed by atoms with E-state index in [0.29, 0.717) is 29.4 Å². The number of carbonyl (C=O) groups is 2. The summed E-state index contributed by atoms with van der Waals surface area (Å²) in [6, 6.07) is 4.88. The van der Waals surface area contributed by atoms with E-state index in [1.165, 1.54) is 7.11 Å². The number of likely N-dealkylation sites (N-methyl/N-ethyl adjacent to an activating group) is 1. The first-order chi connectivity index (χ1) is 9.85. The summed E-state index contributed by atoms with van der Waals surface area (Å²) in [5, 5.41) is 2.85. The van der Waals surface area contributed by atoms with Gasteiger partial charge in [0.1, 0.15) is 0 Å². The van der Waals surface area contributed by atoms with Crippen LogP contribution >= 0.6 is 0 Å². The van der Waals surface area contributed by atoms with Gasteiger partial charge >= 0.3 is 5.97 Å². The minimum atomic E-state index is -0.439. The standard InChI is InChI=1S/C15H23N3O3/c1-10(2)8-17-14(19)9-18(3)13-6-5-11(7-12(13)16)15(20)21-4/h5-7,10H,8-9,16H2,1-4H3,(H,17,19). The topological polar surface area (TPSA) is 84.7 Å². The van der Waals surface area contributed by atoms with E-state index in [0.717, 1.165) is 0 Å². The molecule has 1 aromatic carbocycles. The van der Waals surface area contributed by atoms with Crippen molar-refractivity contribution in [1.82, 2.24) is 5.32 Å². The molecule has 0 spiro atoms. The van der Waals surface area contributed by atoms with Crippen LogP contribution in [-0.2, 0) is 9.53 Å². The minimum absolute atomic E-state index is 0.0670. The third-order valence-corrected chi connectivity index (χ3v) is 2.95. The quantitative estimate of drug-likeness (QED) is 0.609. The number of nitrogen functional groups attached to an aromatic ring is 1. The Morgan fingerprint density at radius 1 is 1.38 bits per heavy atom. The Morgan fingerprint density at radius 2 is 2.05 bits per heavy atom. The van der Waals surface area contributed by atoms with Crippen LogP contribution in [0, 0.1) is 5.92 Å². The number of ether oxygens (including phenoxy) is 1. The first-order valence-corrected chi connectivity index (χ1v) is 6.80. The van der Waals surface area contributed by atoms with E-state index in [4.69, 9.17) is 5.73 Å². The molecule has 0 saturated heterocycles. The molecule has 3 N–H and O–H groups in total. The number of carbonyl (C=O) groups excluding carboxylic acids is 2. The van der Waals surface area contributed by atoms with Crippen molar-refractivity contribution in [1.29, 1.82) is 0 Å². The van der Waals surface area contributed by atoms with E-state index >= 15 is 0 Å². The Hall–Kier alpha value is -2.24. The molecular formula is C15H23N3O3. The second-order valence-corrected chi connectivity index (χ2v) is 5.32. The molecule has 0 aromatic heterocycles. The Morgan fingerprint density at radius 3 is 2.57 bits per heavy atom. The molecule has 0 aliphatic carbocycles. The number of nitrogens with zero attached hydrogens (tertiary/aromatic N) is 1. The smallest absolute Gasteiger partial charge is 0.337 e. The molecule has 0 aliphatic rings. The summed E-state index contributed by atoms with van der Waals surface area (Å²) < 4.78 is 4.64. The van der Waals surface area contributed by atoms with Crippen LogP contribution < -0.4 is 16.0 Å². The summed E-state index contributed by atoms with van der Waals surface area (Å²) in [5.74, 6) is -0.100. The maximum Gasteiger partial charge on any atom is 0.337 e. The number of nitrogens with one attached hydrogen (secondary N) is 1. The SMILES string of the molecule is COC(=O)c1ccc(N(C)CC(=O)NCC(C)C)c(N)c1. The van der Waals surface area contributed by atoms with Crippen LogP contribution in [0.2, 0.25) is 0 Å². The molecule has 0 saturated carbocycles. The average molecular weight is 293 g/mol. The maximum atomic E-state index is 11.8. The summed E-state index contributed by atoms with van der Waals surface area (Å²) in [4.78, 5) is 25.0. The number of amides is 1. The molecular weight excluding hydrogens is 270 g/mol. The monoisotopic (exact) mass is 293 g/mol. The molecule has 0 unspecified atom stereocenters. The van der Waals surface area contributed by atoms with Gasteiger partial charge in [-0.3, -0.25) is 4.79 Å². The Labute approximate surface area is 125 Å². The van der Waals surface area contributed by atoms with Gasteiger partial charge in [-0.05, 0) is 24.1 Å². The highest BCUT2D eigenvalue weighted by molar-refractivity contribution is 5.92. The fraction of sp³-hybridized carbons (Fsp3) is 0.467. The van der Waals surface area contributed by atoms with E-state index in [2.05, 4.69) is 10.1 Å². The lowest BCUT2D eigenvalue weighted by Gasteiger charge is -2.21. The van der Waals surface area contributed by atoms with Crippen molar-refractivity contribution in [2.75, 3.05) is 37.9 Å². The van der Waals surface area contributed by atoms with Gasteiger partial charge < -0.3 is 20.7 Å². The molecule has 0 radical (unpaired) electrons. The number of esters is 1. The highest BCUT2D eigenvalue weighted by atomic mass is 16.5. The molecule has 21 heavy (non-hydrogen) atoms. The zero-order chi connectivity index (χ0) is 16.0. The number of nitrogens with two attached hydrogens (primary N) is 1. The number of anilines is 2. The van der Waals surface area contributed by atoms with Gasteiger partial charge in [-0.25, -0.2) is 4.79 Å². The van der Waals surface area contributed by atoms with Crippen LogP contribution in [0.4, 0.5) is 11.4 Å². The van der Waals surface area contributed by atoms with Crippen molar-refractivity contribution in [2.24, 2.45) is 5.92 Å². The Kier molecular flexibility index (Phi) is 6.02. The van der Waals surface area contributed by atoms with Crippen LogP contribution in [0.1, 0.15) is 24.2 Å². The maximum absolute atomic E-state index is 11.8. The lowest BCUT2D eigenvalue weighted by molar-refractivity contribution is -0.119.